The molecule has 0 aliphatic rings. The van der Waals surface area contributed by atoms with Crippen LogP contribution in [0.15, 0.2) is 6.07 Å². The van der Waals surface area contributed by atoms with Gasteiger partial charge in [0, 0.05) is 10.9 Å². The quantitative estimate of drug-likeness (QED) is 0.632. The number of alkyl halides is 3. The molecule has 18 heavy (non-hydrogen) atoms. The van der Waals surface area contributed by atoms with Crippen molar-refractivity contribution in [3.8, 4) is 6.07 Å². The van der Waals surface area contributed by atoms with Crippen molar-refractivity contribution in [2.24, 2.45) is 0 Å². The Morgan fingerprint density at radius 3 is 2.78 bits per heavy atom. The molecule has 0 saturated carbocycles. The average Bonchev–Trinajstić information content (AvgIpc) is 2.37. The lowest BCUT2D eigenvalue weighted by molar-refractivity contribution is 0.0514. The Morgan fingerprint density at radius 1 is 1.67 bits per heavy atom. The first kappa shape index (κ1) is 14.5. The Labute approximate surface area is 111 Å². The average molecular weight is 319 g/mol. The van der Waals surface area contributed by atoms with E-state index in [0.717, 1.165) is 6.07 Å². The number of hydrogen-bond acceptors (Lipinski definition) is 4. The fraction of sp³-hybridized carbons (Fsp3) is 0.364. The van der Waals surface area contributed by atoms with Gasteiger partial charge in [0.2, 0.25) is 0 Å². The molecule has 0 N–H and O–H groups in total. The number of nitriles is 1. The SMILES string of the molecule is CCOC(=O)c1c(C(F)F)cc(CBr)nc1C#N. The van der Waals surface area contributed by atoms with Gasteiger partial charge in [0.1, 0.15) is 11.6 Å². The lowest BCUT2D eigenvalue weighted by Crippen LogP contribution is -2.13. The normalized spacial score (nSPS) is 10.2. The molecular formula is C11H9BrF2N2O2. The van der Waals surface area contributed by atoms with Gasteiger partial charge in [-0.05, 0) is 13.0 Å². The molecular weight excluding hydrogens is 310 g/mol. The third kappa shape index (κ3) is 3.01. The molecule has 7 heteroatoms. The van der Waals surface area contributed by atoms with Crippen molar-refractivity contribution in [2.75, 3.05) is 6.61 Å². The van der Waals surface area contributed by atoms with E-state index >= 15 is 0 Å². The summed E-state index contributed by atoms with van der Waals surface area (Å²) in [4.78, 5) is 15.4. The monoisotopic (exact) mass is 318 g/mol. The van der Waals surface area contributed by atoms with Gasteiger partial charge < -0.3 is 4.74 Å². The van der Waals surface area contributed by atoms with Crippen LogP contribution >= 0.6 is 15.9 Å². The highest BCUT2D eigenvalue weighted by Gasteiger charge is 2.25. The number of esters is 1. The maximum absolute atomic E-state index is 12.9. The summed E-state index contributed by atoms with van der Waals surface area (Å²) >= 11 is 3.06. The fourth-order valence-corrected chi connectivity index (χ4v) is 1.65. The van der Waals surface area contributed by atoms with E-state index in [1.165, 1.54) is 0 Å². The van der Waals surface area contributed by atoms with Crippen LogP contribution in [0.5, 0.6) is 0 Å². The predicted octanol–water partition coefficient (Wildman–Crippen LogP) is 2.96. The standard InChI is InChI=1S/C11H9BrF2N2O2/c1-2-18-11(17)9-7(10(13)14)3-6(4-12)16-8(9)5-15/h3,10H,2,4H2,1H3. The van der Waals surface area contributed by atoms with E-state index in [1.807, 2.05) is 0 Å². The molecule has 0 saturated heterocycles. The molecule has 1 aromatic rings. The van der Waals surface area contributed by atoms with Gasteiger partial charge in [-0.2, -0.15) is 5.26 Å². The lowest BCUT2D eigenvalue weighted by atomic mass is 10.1. The van der Waals surface area contributed by atoms with E-state index < -0.39 is 23.5 Å². The molecule has 0 aliphatic heterocycles. The number of pyridine rings is 1. The van der Waals surface area contributed by atoms with Gasteiger partial charge in [0.15, 0.2) is 5.69 Å². The first-order chi connectivity index (χ1) is 8.54. The number of carbonyl (C=O) groups is 1. The van der Waals surface area contributed by atoms with E-state index in [2.05, 4.69) is 25.7 Å². The molecule has 0 bridgehead atoms. The largest absolute Gasteiger partial charge is 0.462 e. The Kier molecular flexibility index (Phi) is 5.16. The predicted molar refractivity (Wildman–Crippen MR) is 62.5 cm³/mol. The second-order valence-corrected chi connectivity index (χ2v) is 3.75. The first-order valence-electron chi connectivity index (χ1n) is 5.00. The number of rotatable bonds is 4. The number of ether oxygens (including phenoxy) is 1. The van der Waals surface area contributed by atoms with Gasteiger partial charge in [-0.1, -0.05) is 15.9 Å². The minimum atomic E-state index is -2.88. The zero-order valence-electron chi connectivity index (χ0n) is 9.41. The van der Waals surface area contributed by atoms with E-state index in [0.29, 0.717) is 0 Å². The van der Waals surface area contributed by atoms with Crippen molar-refractivity contribution < 1.29 is 18.3 Å². The summed E-state index contributed by atoms with van der Waals surface area (Å²) in [5, 5.41) is 9.09. The lowest BCUT2D eigenvalue weighted by Gasteiger charge is -2.10. The second kappa shape index (κ2) is 6.40. The van der Waals surface area contributed by atoms with Gasteiger partial charge in [-0.3, -0.25) is 0 Å². The van der Waals surface area contributed by atoms with Crippen LogP contribution in [0.2, 0.25) is 0 Å². The first-order valence-corrected chi connectivity index (χ1v) is 6.12. The topological polar surface area (TPSA) is 63.0 Å². The summed E-state index contributed by atoms with van der Waals surface area (Å²) in [5.41, 5.74) is -1.08. The summed E-state index contributed by atoms with van der Waals surface area (Å²) in [6, 6.07) is 2.73. The third-order valence-electron chi connectivity index (χ3n) is 2.06. The summed E-state index contributed by atoms with van der Waals surface area (Å²) < 4.78 is 30.5. The maximum atomic E-state index is 12.9. The van der Waals surface area contributed by atoms with Crippen LogP contribution in [0.1, 0.15) is 40.7 Å². The second-order valence-electron chi connectivity index (χ2n) is 3.19. The Hall–Kier alpha value is -1.55. The smallest absolute Gasteiger partial charge is 0.341 e. The molecule has 1 heterocycles. The molecule has 0 radical (unpaired) electrons. The van der Waals surface area contributed by atoms with Gasteiger partial charge in [0.25, 0.3) is 6.43 Å². The molecule has 0 unspecified atom stereocenters. The Balaban J connectivity index is 3.45. The van der Waals surface area contributed by atoms with Gasteiger partial charge in [-0.15, -0.1) is 0 Å². The van der Waals surface area contributed by atoms with Crippen molar-refractivity contribution in [2.45, 2.75) is 18.7 Å². The number of halogens is 3. The van der Waals surface area contributed by atoms with Gasteiger partial charge in [-0.25, -0.2) is 18.6 Å². The van der Waals surface area contributed by atoms with Crippen molar-refractivity contribution in [1.82, 2.24) is 4.98 Å². The fourth-order valence-electron chi connectivity index (χ4n) is 1.36. The van der Waals surface area contributed by atoms with Crippen LogP contribution in [0.25, 0.3) is 0 Å². The summed E-state index contributed by atoms with van der Waals surface area (Å²) in [6.07, 6.45) is -2.88. The molecule has 0 fully saturated rings. The van der Waals surface area contributed by atoms with Crippen molar-refractivity contribution in [3.05, 3.63) is 28.6 Å². The Bertz CT molecular complexity index is 501. The highest BCUT2D eigenvalue weighted by atomic mass is 79.9. The number of hydrogen-bond donors (Lipinski definition) is 0. The van der Waals surface area contributed by atoms with Crippen LogP contribution in [-0.4, -0.2) is 17.6 Å². The molecule has 0 atom stereocenters. The molecule has 0 aromatic carbocycles. The summed E-state index contributed by atoms with van der Waals surface area (Å²) in [5.74, 6) is -0.960. The molecule has 0 spiro atoms. The minimum absolute atomic E-state index is 0.0343. The van der Waals surface area contributed by atoms with Crippen LogP contribution in [0.3, 0.4) is 0 Å². The van der Waals surface area contributed by atoms with E-state index in [-0.39, 0.29) is 23.3 Å². The maximum Gasteiger partial charge on any atom is 0.341 e. The van der Waals surface area contributed by atoms with Crippen LogP contribution in [0, 0.1) is 11.3 Å². The zero-order chi connectivity index (χ0) is 13.7. The van der Waals surface area contributed by atoms with E-state index in [1.54, 1.807) is 13.0 Å². The molecule has 0 aliphatic carbocycles. The Morgan fingerprint density at radius 2 is 2.33 bits per heavy atom. The minimum Gasteiger partial charge on any atom is -0.462 e. The molecule has 0 amide bonds. The molecule has 1 aromatic heterocycles. The number of nitrogens with zero attached hydrogens (tertiary/aromatic N) is 2. The summed E-state index contributed by atoms with van der Waals surface area (Å²) in [7, 11) is 0. The zero-order valence-corrected chi connectivity index (χ0v) is 11.0. The van der Waals surface area contributed by atoms with Crippen LogP contribution in [0.4, 0.5) is 8.78 Å². The van der Waals surface area contributed by atoms with Crippen molar-refractivity contribution in [3.63, 3.8) is 0 Å². The van der Waals surface area contributed by atoms with E-state index in [4.69, 9.17) is 5.26 Å². The molecule has 1 rings (SSSR count). The highest BCUT2D eigenvalue weighted by Crippen LogP contribution is 2.27. The third-order valence-corrected chi connectivity index (χ3v) is 2.63. The van der Waals surface area contributed by atoms with Crippen LogP contribution in [-0.2, 0) is 10.1 Å². The number of carbonyl (C=O) groups excluding carboxylic acids is 1. The molecule has 4 nitrogen and oxygen atoms in total. The highest BCUT2D eigenvalue weighted by molar-refractivity contribution is 9.08. The summed E-state index contributed by atoms with van der Waals surface area (Å²) in [6.45, 7) is 1.58. The number of aromatic nitrogens is 1. The van der Waals surface area contributed by atoms with Crippen molar-refractivity contribution >= 4 is 21.9 Å². The van der Waals surface area contributed by atoms with Crippen LogP contribution < -0.4 is 0 Å². The van der Waals surface area contributed by atoms with E-state index in [9.17, 15) is 13.6 Å². The van der Waals surface area contributed by atoms with Gasteiger partial charge >= 0.3 is 5.97 Å². The molecule has 96 valence electrons. The van der Waals surface area contributed by atoms with Gasteiger partial charge in [0.05, 0.1) is 12.3 Å². The van der Waals surface area contributed by atoms with Crippen molar-refractivity contribution in [1.29, 1.82) is 5.26 Å².